The fourth-order valence-corrected chi connectivity index (χ4v) is 2.84. The summed E-state index contributed by atoms with van der Waals surface area (Å²) in [5, 5.41) is 3.88. The van der Waals surface area contributed by atoms with Crippen LogP contribution < -0.4 is 5.32 Å². The molecule has 21 heavy (non-hydrogen) atoms. The number of likely N-dealkylation sites (N-methyl/N-ethyl adjacent to an activating group) is 1. The number of rotatable bonds is 5. The molecule has 1 unspecified atom stereocenters. The van der Waals surface area contributed by atoms with Gasteiger partial charge in [0.15, 0.2) is 0 Å². The summed E-state index contributed by atoms with van der Waals surface area (Å²) >= 11 is 11.9. The van der Waals surface area contributed by atoms with E-state index in [1.54, 1.807) is 18.2 Å². The van der Waals surface area contributed by atoms with Gasteiger partial charge in [0.05, 0.1) is 10.7 Å². The predicted octanol–water partition coefficient (Wildman–Crippen LogP) is 2.96. The van der Waals surface area contributed by atoms with Crippen LogP contribution in [0.4, 0.5) is 5.69 Å². The molecule has 2 rings (SSSR count). The highest BCUT2D eigenvalue weighted by molar-refractivity contribution is 6.35. The number of nitrogens with zero attached hydrogens (tertiary/aromatic N) is 2. The van der Waals surface area contributed by atoms with Gasteiger partial charge in [-0.05, 0) is 45.3 Å². The molecule has 0 radical (unpaired) electrons. The summed E-state index contributed by atoms with van der Waals surface area (Å²) in [5.41, 5.74) is 0.571. The second kappa shape index (κ2) is 7.45. The summed E-state index contributed by atoms with van der Waals surface area (Å²) < 4.78 is 0. The number of carbonyl (C=O) groups is 1. The van der Waals surface area contributed by atoms with Gasteiger partial charge in [-0.1, -0.05) is 23.2 Å². The summed E-state index contributed by atoms with van der Waals surface area (Å²) in [5.74, 6) is -0.0348. The molecule has 6 heteroatoms. The Bertz CT molecular complexity index is 508. The van der Waals surface area contributed by atoms with E-state index < -0.39 is 0 Å². The standard InChI is InChI=1S/C15H21Cl2N3O/c1-19(2)12-5-7-20(10-12)8-6-15(21)18-14-9-11(16)3-4-13(14)17/h3-4,9,12H,5-8,10H2,1-2H3,(H,18,21). The number of carbonyl (C=O) groups excluding carboxylic acids is 1. The summed E-state index contributed by atoms with van der Waals surface area (Å²) in [4.78, 5) is 16.6. The van der Waals surface area contributed by atoms with Crippen LogP contribution in [-0.4, -0.2) is 55.5 Å². The lowest BCUT2D eigenvalue weighted by Crippen LogP contribution is -2.32. The fraction of sp³-hybridized carbons (Fsp3) is 0.533. The van der Waals surface area contributed by atoms with Crippen molar-refractivity contribution in [1.82, 2.24) is 9.80 Å². The third kappa shape index (κ3) is 4.85. The molecule has 4 nitrogen and oxygen atoms in total. The zero-order valence-electron chi connectivity index (χ0n) is 12.4. The van der Waals surface area contributed by atoms with E-state index >= 15 is 0 Å². The van der Waals surface area contributed by atoms with Crippen LogP contribution >= 0.6 is 23.2 Å². The van der Waals surface area contributed by atoms with E-state index in [1.807, 2.05) is 0 Å². The van der Waals surface area contributed by atoms with E-state index in [9.17, 15) is 4.79 Å². The second-order valence-electron chi connectivity index (χ2n) is 5.63. The molecule has 0 aliphatic carbocycles. The van der Waals surface area contributed by atoms with E-state index in [0.29, 0.717) is 28.2 Å². The number of hydrogen-bond acceptors (Lipinski definition) is 3. The number of hydrogen-bond donors (Lipinski definition) is 1. The van der Waals surface area contributed by atoms with Crippen LogP contribution in [0.25, 0.3) is 0 Å². The molecule has 1 saturated heterocycles. The Morgan fingerprint density at radius 1 is 1.43 bits per heavy atom. The van der Waals surface area contributed by atoms with Gasteiger partial charge >= 0.3 is 0 Å². The van der Waals surface area contributed by atoms with Crippen LogP contribution in [0.2, 0.25) is 10.0 Å². The molecule has 1 atom stereocenters. The quantitative estimate of drug-likeness (QED) is 0.902. The molecule has 0 saturated carbocycles. The second-order valence-corrected chi connectivity index (χ2v) is 6.47. The van der Waals surface area contributed by atoms with Gasteiger partial charge in [0.1, 0.15) is 0 Å². The van der Waals surface area contributed by atoms with Gasteiger partial charge in [0.25, 0.3) is 0 Å². The van der Waals surface area contributed by atoms with Crippen LogP contribution in [0, 0.1) is 0 Å². The number of anilines is 1. The van der Waals surface area contributed by atoms with Crippen molar-refractivity contribution in [2.24, 2.45) is 0 Å². The monoisotopic (exact) mass is 329 g/mol. The van der Waals surface area contributed by atoms with Crippen molar-refractivity contribution in [3.63, 3.8) is 0 Å². The van der Waals surface area contributed by atoms with Gasteiger partial charge in [-0.25, -0.2) is 0 Å². The highest BCUT2D eigenvalue weighted by atomic mass is 35.5. The first-order valence-electron chi connectivity index (χ1n) is 7.09. The van der Waals surface area contributed by atoms with Crippen LogP contribution in [-0.2, 0) is 4.79 Å². The first-order valence-corrected chi connectivity index (χ1v) is 7.85. The molecule has 0 bridgehead atoms. The Labute approximate surface area is 136 Å². The number of amides is 1. The average Bonchev–Trinajstić information content (AvgIpc) is 2.90. The Morgan fingerprint density at radius 2 is 2.19 bits per heavy atom. The molecule has 1 aliphatic rings. The highest BCUT2D eigenvalue weighted by Gasteiger charge is 2.23. The molecular weight excluding hydrogens is 309 g/mol. The van der Waals surface area contributed by atoms with Crippen molar-refractivity contribution >= 4 is 34.8 Å². The molecule has 1 amide bonds. The number of halogens is 2. The molecule has 1 aliphatic heterocycles. The summed E-state index contributed by atoms with van der Waals surface area (Å²) in [6.07, 6.45) is 1.62. The SMILES string of the molecule is CN(C)C1CCN(CCC(=O)Nc2cc(Cl)ccc2Cl)C1. The Morgan fingerprint density at radius 3 is 2.86 bits per heavy atom. The van der Waals surface area contributed by atoms with E-state index in [1.165, 1.54) is 0 Å². The van der Waals surface area contributed by atoms with E-state index in [-0.39, 0.29) is 5.91 Å². The van der Waals surface area contributed by atoms with Gasteiger partial charge < -0.3 is 15.1 Å². The average molecular weight is 330 g/mol. The molecule has 0 spiro atoms. The first-order chi connectivity index (χ1) is 9.95. The molecule has 1 N–H and O–H groups in total. The minimum Gasteiger partial charge on any atom is -0.325 e. The number of likely N-dealkylation sites (tertiary alicyclic amines) is 1. The maximum absolute atomic E-state index is 12.0. The van der Waals surface area contributed by atoms with E-state index in [0.717, 1.165) is 26.1 Å². The van der Waals surface area contributed by atoms with Crippen LogP contribution in [0.15, 0.2) is 18.2 Å². The Kier molecular flexibility index (Phi) is 5.88. The third-order valence-electron chi connectivity index (χ3n) is 3.84. The fourth-order valence-electron chi connectivity index (χ4n) is 2.50. The number of nitrogens with one attached hydrogen (secondary N) is 1. The maximum Gasteiger partial charge on any atom is 0.225 e. The van der Waals surface area contributed by atoms with Crippen molar-refractivity contribution in [1.29, 1.82) is 0 Å². The maximum atomic E-state index is 12.0. The largest absolute Gasteiger partial charge is 0.325 e. The van der Waals surface area contributed by atoms with Crippen molar-refractivity contribution in [3.05, 3.63) is 28.2 Å². The third-order valence-corrected chi connectivity index (χ3v) is 4.40. The lowest BCUT2D eigenvalue weighted by molar-refractivity contribution is -0.116. The molecule has 0 aromatic heterocycles. The summed E-state index contributed by atoms with van der Waals surface area (Å²) in [6.45, 7) is 2.85. The van der Waals surface area contributed by atoms with Crippen molar-refractivity contribution < 1.29 is 4.79 Å². The molecule has 1 aromatic rings. The van der Waals surface area contributed by atoms with Crippen LogP contribution in [0.3, 0.4) is 0 Å². The minimum absolute atomic E-state index is 0.0348. The molecular formula is C15H21Cl2N3O. The van der Waals surface area contributed by atoms with Gasteiger partial charge in [-0.3, -0.25) is 4.79 Å². The molecule has 1 aromatic carbocycles. The minimum atomic E-state index is -0.0348. The van der Waals surface area contributed by atoms with Crippen molar-refractivity contribution in [2.75, 3.05) is 39.0 Å². The Hall–Kier alpha value is -0.810. The lowest BCUT2D eigenvalue weighted by atomic mass is 10.2. The van der Waals surface area contributed by atoms with Crippen molar-refractivity contribution in [3.8, 4) is 0 Å². The van der Waals surface area contributed by atoms with Crippen LogP contribution in [0.5, 0.6) is 0 Å². The van der Waals surface area contributed by atoms with Gasteiger partial charge in [-0.2, -0.15) is 0 Å². The van der Waals surface area contributed by atoms with E-state index in [4.69, 9.17) is 23.2 Å². The molecule has 1 heterocycles. The zero-order chi connectivity index (χ0) is 15.4. The predicted molar refractivity (Wildman–Crippen MR) is 88.2 cm³/mol. The number of benzene rings is 1. The summed E-state index contributed by atoms with van der Waals surface area (Å²) in [7, 11) is 4.20. The van der Waals surface area contributed by atoms with Crippen molar-refractivity contribution in [2.45, 2.75) is 18.9 Å². The normalized spacial score (nSPS) is 19.2. The van der Waals surface area contributed by atoms with E-state index in [2.05, 4.69) is 29.2 Å². The van der Waals surface area contributed by atoms with Gasteiger partial charge in [0, 0.05) is 30.6 Å². The first kappa shape index (κ1) is 16.6. The topological polar surface area (TPSA) is 35.6 Å². The highest BCUT2D eigenvalue weighted by Crippen LogP contribution is 2.25. The summed E-state index contributed by atoms with van der Waals surface area (Å²) in [6, 6.07) is 5.64. The van der Waals surface area contributed by atoms with Gasteiger partial charge in [0.2, 0.25) is 5.91 Å². The van der Waals surface area contributed by atoms with Gasteiger partial charge in [-0.15, -0.1) is 0 Å². The lowest BCUT2D eigenvalue weighted by Gasteiger charge is -2.20. The Balaban J connectivity index is 1.79. The zero-order valence-corrected chi connectivity index (χ0v) is 13.9. The molecule has 1 fully saturated rings. The van der Waals surface area contributed by atoms with Crippen LogP contribution in [0.1, 0.15) is 12.8 Å². The smallest absolute Gasteiger partial charge is 0.225 e. The molecule has 116 valence electrons.